The summed E-state index contributed by atoms with van der Waals surface area (Å²) >= 11 is 12.7. The maximum atomic E-state index is 13.9. The molecule has 8 nitrogen and oxygen atoms in total. The number of nitrogens with zero attached hydrogens (tertiary/aromatic N) is 6. The number of hydrogen-bond donors (Lipinski definition) is 0. The maximum Gasteiger partial charge on any atom is 0.339 e. The van der Waals surface area contributed by atoms with Gasteiger partial charge in [0.05, 0.1) is 27.9 Å². The number of pyridine rings is 1. The average molecular weight is 574 g/mol. The fourth-order valence-corrected chi connectivity index (χ4v) is 5.65. The molecule has 2 fully saturated rings. The molecule has 206 valence electrons. The van der Waals surface area contributed by atoms with E-state index in [0.29, 0.717) is 53.7 Å². The number of hydrogen-bond acceptors (Lipinski definition) is 8. The first-order chi connectivity index (χ1) is 18.7. The van der Waals surface area contributed by atoms with Gasteiger partial charge in [0.2, 0.25) is 5.95 Å². The van der Waals surface area contributed by atoms with Gasteiger partial charge >= 0.3 is 5.97 Å². The highest BCUT2D eigenvalue weighted by Gasteiger charge is 2.30. The van der Waals surface area contributed by atoms with Crippen LogP contribution in [0.15, 0.2) is 36.5 Å². The average Bonchev–Trinajstić information content (AvgIpc) is 3.36. The number of benzene rings is 1. The molecule has 11 heteroatoms. The predicted octanol–water partition coefficient (Wildman–Crippen LogP) is 5.87. The minimum atomic E-state index is -0.462. The van der Waals surface area contributed by atoms with Gasteiger partial charge in [-0.05, 0) is 57.9 Å². The Morgan fingerprint density at radius 3 is 2.54 bits per heavy atom. The fourth-order valence-electron chi connectivity index (χ4n) is 5.19. The molecule has 2 unspecified atom stereocenters. The van der Waals surface area contributed by atoms with Crippen LogP contribution in [0.3, 0.4) is 0 Å². The molecule has 3 aromatic rings. The van der Waals surface area contributed by atoms with Crippen molar-refractivity contribution in [3.05, 3.63) is 58.0 Å². The summed E-state index contributed by atoms with van der Waals surface area (Å²) in [7, 11) is 0. The first-order valence-corrected chi connectivity index (χ1v) is 14.0. The van der Waals surface area contributed by atoms with Gasteiger partial charge in [-0.25, -0.2) is 19.2 Å². The van der Waals surface area contributed by atoms with Crippen LogP contribution in [0.2, 0.25) is 10.0 Å². The summed E-state index contributed by atoms with van der Waals surface area (Å²) in [5.41, 5.74) is 1.77. The normalized spacial score (nSPS) is 19.5. The molecular formula is C28H31Cl2FN6O2. The Morgan fingerprint density at radius 1 is 1.05 bits per heavy atom. The molecule has 0 N–H and O–H groups in total. The summed E-state index contributed by atoms with van der Waals surface area (Å²) in [6.07, 6.45) is 3.68. The molecule has 1 aromatic carbocycles. The van der Waals surface area contributed by atoms with Crippen molar-refractivity contribution in [1.29, 1.82) is 0 Å². The SMILES string of the molecule is CCOC(=O)c1cnc(N2CCN(c3cc(-c4ccc(F)c(Cl)c4)nc(N4CCCC4C)n3)CC2C)c(Cl)c1. The van der Waals surface area contributed by atoms with E-state index in [1.165, 1.54) is 12.3 Å². The molecule has 0 radical (unpaired) electrons. The Morgan fingerprint density at radius 2 is 1.87 bits per heavy atom. The highest BCUT2D eigenvalue weighted by molar-refractivity contribution is 6.33. The Hall–Kier alpha value is -3.17. The van der Waals surface area contributed by atoms with Crippen LogP contribution in [0.4, 0.5) is 22.0 Å². The maximum absolute atomic E-state index is 13.9. The highest BCUT2D eigenvalue weighted by Crippen LogP contribution is 2.33. The zero-order valence-electron chi connectivity index (χ0n) is 22.2. The number of rotatable bonds is 6. The van der Waals surface area contributed by atoms with Gasteiger partial charge in [-0.15, -0.1) is 0 Å². The highest BCUT2D eigenvalue weighted by atomic mass is 35.5. The van der Waals surface area contributed by atoms with Gasteiger partial charge < -0.3 is 19.4 Å². The van der Waals surface area contributed by atoms with Crippen LogP contribution in [-0.4, -0.2) is 65.8 Å². The van der Waals surface area contributed by atoms with Gasteiger partial charge in [0, 0.05) is 56.1 Å². The van der Waals surface area contributed by atoms with Gasteiger partial charge in [-0.1, -0.05) is 23.2 Å². The summed E-state index contributed by atoms with van der Waals surface area (Å²) in [5.74, 6) is 1.20. The number of ether oxygens (including phenoxy) is 1. The molecule has 0 spiro atoms. The largest absolute Gasteiger partial charge is 0.462 e. The van der Waals surface area contributed by atoms with Crippen molar-refractivity contribution in [3.8, 4) is 11.3 Å². The molecule has 5 rings (SSSR count). The van der Waals surface area contributed by atoms with Crippen LogP contribution in [-0.2, 0) is 4.74 Å². The van der Waals surface area contributed by atoms with Crippen LogP contribution in [0.1, 0.15) is 44.0 Å². The minimum absolute atomic E-state index is 0.0596. The second kappa shape index (κ2) is 11.5. The molecule has 2 aliphatic heterocycles. The summed E-state index contributed by atoms with van der Waals surface area (Å²) < 4.78 is 18.9. The molecule has 0 aliphatic carbocycles. The van der Waals surface area contributed by atoms with Crippen LogP contribution in [0.5, 0.6) is 0 Å². The molecule has 4 heterocycles. The van der Waals surface area contributed by atoms with E-state index in [-0.39, 0.29) is 17.7 Å². The lowest BCUT2D eigenvalue weighted by atomic mass is 10.1. The third-order valence-electron chi connectivity index (χ3n) is 7.28. The molecule has 2 saturated heterocycles. The molecule has 39 heavy (non-hydrogen) atoms. The quantitative estimate of drug-likeness (QED) is 0.340. The van der Waals surface area contributed by atoms with E-state index in [2.05, 4.69) is 33.5 Å². The molecule has 2 atom stereocenters. The van der Waals surface area contributed by atoms with Crippen LogP contribution < -0.4 is 14.7 Å². The van der Waals surface area contributed by atoms with E-state index < -0.39 is 11.8 Å². The van der Waals surface area contributed by atoms with Crippen molar-refractivity contribution in [2.75, 3.05) is 47.5 Å². The molecule has 0 amide bonds. The van der Waals surface area contributed by atoms with E-state index in [1.54, 1.807) is 25.1 Å². The molecule has 2 aromatic heterocycles. The van der Waals surface area contributed by atoms with Gasteiger partial charge in [0.1, 0.15) is 17.5 Å². The van der Waals surface area contributed by atoms with Crippen molar-refractivity contribution < 1.29 is 13.9 Å². The smallest absolute Gasteiger partial charge is 0.339 e. The molecule has 2 aliphatic rings. The number of carbonyl (C=O) groups excluding carboxylic acids is 1. The van der Waals surface area contributed by atoms with Crippen molar-refractivity contribution in [2.24, 2.45) is 0 Å². The van der Waals surface area contributed by atoms with Gasteiger partial charge in [-0.3, -0.25) is 0 Å². The Labute approximate surface area is 237 Å². The van der Waals surface area contributed by atoms with Gasteiger partial charge in [0.15, 0.2) is 0 Å². The standard InChI is InChI=1S/C28H31Cl2FN6O2/c1-4-39-27(38)20-13-22(30)26(32-15-20)36-11-10-35(16-18(36)3)25-14-24(19-7-8-23(31)21(29)12-19)33-28(34-25)37-9-5-6-17(37)2/h7-8,12-15,17-18H,4-6,9-11,16H2,1-3H3. The Balaban J connectivity index is 1.42. The predicted molar refractivity (Wildman–Crippen MR) is 153 cm³/mol. The van der Waals surface area contributed by atoms with Crippen molar-refractivity contribution >= 4 is 46.8 Å². The van der Waals surface area contributed by atoms with E-state index in [4.69, 9.17) is 37.9 Å². The number of piperazine rings is 1. The van der Waals surface area contributed by atoms with E-state index in [0.717, 1.165) is 30.8 Å². The van der Waals surface area contributed by atoms with Gasteiger partial charge in [0.25, 0.3) is 0 Å². The minimum Gasteiger partial charge on any atom is -0.462 e. The van der Waals surface area contributed by atoms with Crippen molar-refractivity contribution in [3.63, 3.8) is 0 Å². The Bertz CT molecular complexity index is 1380. The summed E-state index contributed by atoms with van der Waals surface area (Å²) in [6.45, 7) is 9.23. The molecule has 0 saturated carbocycles. The number of esters is 1. The number of halogens is 3. The lowest BCUT2D eigenvalue weighted by Gasteiger charge is -2.41. The first kappa shape index (κ1) is 27.4. The number of carbonyl (C=O) groups is 1. The molecular weight excluding hydrogens is 542 g/mol. The topological polar surface area (TPSA) is 74.7 Å². The second-order valence-corrected chi connectivity index (χ2v) is 10.8. The molecule has 0 bridgehead atoms. The van der Waals surface area contributed by atoms with Gasteiger partial charge in [-0.2, -0.15) is 4.98 Å². The van der Waals surface area contributed by atoms with Crippen LogP contribution in [0, 0.1) is 5.82 Å². The van der Waals surface area contributed by atoms with Crippen molar-refractivity contribution in [1.82, 2.24) is 15.0 Å². The summed E-state index contributed by atoms with van der Waals surface area (Å²) in [4.78, 5) is 33.0. The van der Waals surface area contributed by atoms with Crippen molar-refractivity contribution in [2.45, 2.75) is 45.7 Å². The van der Waals surface area contributed by atoms with E-state index >= 15 is 0 Å². The Kier molecular flexibility index (Phi) is 8.09. The monoisotopic (exact) mass is 572 g/mol. The number of aromatic nitrogens is 3. The third-order valence-corrected chi connectivity index (χ3v) is 7.85. The van der Waals surface area contributed by atoms with E-state index in [1.807, 2.05) is 6.07 Å². The third kappa shape index (κ3) is 5.75. The van der Waals surface area contributed by atoms with Crippen LogP contribution in [0.25, 0.3) is 11.3 Å². The summed E-state index contributed by atoms with van der Waals surface area (Å²) in [5, 5.41) is 0.466. The first-order valence-electron chi connectivity index (χ1n) is 13.2. The summed E-state index contributed by atoms with van der Waals surface area (Å²) in [6, 6.07) is 8.61. The van der Waals surface area contributed by atoms with E-state index in [9.17, 15) is 9.18 Å². The fraction of sp³-hybridized carbons (Fsp3) is 0.429. The number of anilines is 3. The second-order valence-electron chi connectivity index (χ2n) is 9.96. The lowest BCUT2D eigenvalue weighted by Crippen LogP contribution is -2.52. The zero-order valence-corrected chi connectivity index (χ0v) is 23.7. The van der Waals surface area contributed by atoms with Crippen LogP contribution >= 0.6 is 23.2 Å². The zero-order chi connectivity index (χ0) is 27.7. The lowest BCUT2D eigenvalue weighted by molar-refractivity contribution is 0.0526.